The van der Waals surface area contributed by atoms with Crippen LogP contribution in [0.25, 0.3) is 0 Å². The van der Waals surface area contributed by atoms with E-state index < -0.39 is 34.8 Å². The molecule has 7 unspecified atom stereocenters. The first-order valence-electron chi connectivity index (χ1n) is 9.68. The molecule has 2 saturated carbocycles. The van der Waals surface area contributed by atoms with Crippen LogP contribution in [0.2, 0.25) is 0 Å². The molecule has 2 aliphatic carbocycles. The molecule has 26 heavy (non-hydrogen) atoms. The molecule has 0 saturated heterocycles. The number of ether oxygens (including phenoxy) is 1. The number of aliphatic hydroxyl groups is 4. The summed E-state index contributed by atoms with van der Waals surface area (Å²) in [5.41, 5.74) is -1.54. The molecule has 1 heterocycles. The van der Waals surface area contributed by atoms with E-state index in [1.54, 1.807) is 0 Å². The maximum absolute atomic E-state index is 11.8. The van der Waals surface area contributed by atoms with Gasteiger partial charge >= 0.3 is 5.97 Å². The summed E-state index contributed by atoms with van der Waals surface area (Å²) >= 11 is 0. The molecule has 2 fully saturated rings. The fourth-order valence-electron chi connectivity index (χ4n) is 6.25. The number of rotatable bonds is 4. The van der Waals surface area contributed by atoms with Gasteiger partial charge in [0, 0.05) is 29.6 Å². The van der Waals surface area contributed by atoms with E-state index in [1.165, 1.54) is 6.08 Å². The van der Waals surface area contributed by atoms with Crippen molar-refractivity contribution in [2.45, 2.75) is 77.3 Å². The average molecular weight is 368 g/mol. The van der Waals surface area contributed by atoms with Crippen LogP contribution in [-0.2, 0) is 9.53 Å². The van der Waals surface area contributed by atoms with Gasteiger partial charge in [-0.15, -0.1) is 0 Å². The van der Waals surface area contributed by atoms with Crippen LogP contribution in [0.1, 0.15) is 59.3 Å². The molecule has 0 amide bonds. The molecule has 6 nitrogen and oxygen atoms in total. The quantitative estimate of drug-likeness (QED) is 0.560. The summed E-state index contributed by atoms with van der Waals surface area (Å²) < 4.78 is 4.74. The van der Waals surface area contributed by atoms with Crippen LogP contribution in [0.4, 0.5) is 0 Å². The van der Waals surface area contributed by atoms with Crippen LogP contribution in [0.5, 0.6) is 0 Å². The molecule has 3 rings (SSSR count). The second-order valence-corrected chi connectivity index (χ2v) is 9.20. The van der Waals surface area contributed by atoms with E-state index in [0.717, 1.165) is 19.3 Å². The smallest absolute Gasteiger partial charge is 0.333 e. The molecule has 0 radical (unpaired) electrons. The van der Waals surface area contributed by atoms with Gasteiger partial charge in [0.25, 0.3) is 0 Å². The third-order valence-electron chi connectivity index (χ3n) is 7.67. The Morgan fingerprint density at radius 2 is 1.96 bits per heavy atom. The minimum absolute atomic E-state index is 0.0129. The summed E-state index contributed by atoms with van der Waals surface area (Å²) in [6, 6.07) is 0. The number of hydrogen-bond acceptors (Lipinski definition) is 6. The lowest BCUT2D eigenvalue weighted by Gasteiger charge is -2.64. The molecule has 0 spiro atoms. The fraction of sp³-hybridized carbons (Fsp3) is 0.850. The van der Waals surface area contributed by atoms with Crippen molar-refractivity contribution in [1.82, 2.24) is 0 Å². The Morgan fingerprint density at radius 1 is 1.27 bits per heavy atom. The lowest BCUT2D eigenvalue weighted by Crippen LogP contribution is -2.67. The van der Waals surface area contributed by atoms with Crippen molar-refractivity contribution in [2.75, 3.05) is 6.61 Å². The van der Waals surface area contributed by atoms with Gasteiger partial charge in [0.15, 0.2) is 0 Å². The molecular formula is C20H32O6. The Morgan fingerprint density at radius 3 is 2.54 bits per heavy atom. The lowest BCUT2D eigenvalue weighted by molar-refractivity contribution is -0.251. The van der Waals surface area contributed by atoms with Gasteiger partial charge in [0.1, 0.15) is 0 Å². The SMILES string of the molecule is CC1CC(O)C2C(C)(CO)CCCC2(C)C1(O)CCC1=CC(=O)OC1O. The first-order chi connectivity index (χ1) is 12.1. The van der Waals surface area contributed by atoms with Crippen LogP contribution in [-0.4, -0.2) is 51.0 Å². The van der Waals surface area contributed by atoms with Crippen molar-refractivity contribution < 1.29 is 30.0 Å². The molecule has 1 aliphatic heterocycles. The van der Waals surface area contributed by atoms with Gasteiger partial charge < -0.3 is 25.2 Å². The Labute approximate surface area is 154 Å². The lowest BCUT2D eigenvalue weighted by atomic mass is 9.43. The van der Waals surface area contributed by atoms with Crippen LogP contribution >= 0.6 is 0 Å². The van der Waals surface area contributed by atoms with Gasteiger partial charge in [-0.2, -0.15) is 0 Å². The normalized spacial score (nSPS) is 48.7. The van der Waals surface area contributed by atoms with E-state index >= 15 is 0 Å². The van der Waals surface area contributed by atoms with E-state index in [0.29, 0.717) is 24.8 Å². The zero-order valence-corrected chi connectivity index (χ0v) is 15.9. The Balaban J connectivity index is 1.91. The summed E-state index contributed by atoms with van der Waals surface area (Å²) in [5.74, 6) is -0.882. The summed E-state index contributed by atoms with van der Waals surface area (Å²) in [7, 11) is 0. The first kappa shape index (κ1) is 19.8. The predicted octanol–water partition coefficient (Wildman–Crippen LogP) is 1.50. The molecule has 3 aliphatic rings. The number of esters is 1. The second kappa shape index (κ2) is 6.59. The van der Waals surface area contributed by atoms with Gasteiger partial charge in [-0.05, 0) is 43.4 Å². The van der Waals surface area contributed by atoms with Crippen molar-refractivity contribution >= 4 is 5.97 Å². The standard InChI is InChI=1S/C20H32O6/c1-12-9-14(22)16-18(2,11-21)6-4-7-19(16,3)20(12,25)8-5-13-10-15(23)26-17(13)24/h10,12,14,16-17,21-22,24-25H,4-9,11H2,1-3H3. The highest BCUT2D eigenvalue weighted by Gasteiger charge is 2.64. The third kappa shape index (κ3) is 2.82. The highest BCUT2D eigenvalue weighted by Crippen LogP contribution is 2.63. The van der Waals surface area contributed by atoms with E-state index in [-0.39, 0.29) is 18.4 Å². The van der Waals surface area contributed by atoms with Crippen molar-refractivity contribution in [3.05, 3.63) is 11.6 Å². The van der Waals surface area contributed by atoms with Crippen molar-refractivity contribution in [1.29, 1.82) is 0 Å². The first-order valence-corrected chi connectivity index (χ1v) is 9.68. The van der Waals surface area contributed by atoms with E-state index in [4.69, 9.17) is 4.74 Å². The van der Waals surface area contributed by atoms with Gasteiger partial charge in [-0.25, -0.2) is 4.79 Å². The van der Waals surface area contributed by atoms with Crippen molar-refractivity contribution in [2.24, 2.45) is 22.7 Å². The molecule has 4 N–H and O–H groups in total. The Kier molecular flexibility index (Phi) is 5.02. The third-order valence-corrected chi connectivity index (χ3v) is 7.67. The van der Waals surface area contributed by atoms with Gasteiger partial charge in [-0.3, -0.25) is 0 Å². The van der Waals surface area contributed by atoms with E-state index in [2.05, 4.69) is 0 Å². The zero-order valence-electron chi connectivity index (χ0n) is 15.9. The van der Waals surface area contributed by atoms with Crippen LogP contribution in [0, 0.1) is 22.7 Å². The van der Waals surface area contributed by atoms with Crippen LogP contribution in [0.3, 0.4) is 0 Å². The molecule has 0 bridgehead atoms. The predicted molar refractivity (Wildman–Crippen MR) is 94.8 cm³/mol. The Hall–Kier alpha value is -0.950. The van der Waals surface area contributed by atoms with E-state index in [9.17, 15) is 25.2 Å². The molecule has 6 heteroatoms. The molecular weight excluding hydrogens is 336 g/mol. The average Bonchev–Trinajstić information content (AvgIpc) is 2.88. The van der Waals surface area contributed by atoms with Gasteiger partial charge in [-0.1, -0.05) is 27.2 Å². The maximum Gasteiger partial charge on any atom is 0.333 e. The number of aliphatic hydroxyl groups excluding tert-OH is 3. The highest BCUT2D eigenvalue weighted by molar-refractivity contribution is 5.85. The van der Waals surface area contributed by atoms with E-state index in [1.807, 2.05) is 20.8 Å². The molecule has 148 valence electrons. The van der Waals surface area contributed by atoms with Crippen molar-refractivity contribution in [3.8, 4) is 0 Å². The summed E-state index contributed by atoms with van der Waals surface area (Å²) in [4.78, 5) is 11.3. The number of carbonyl (C=O) groups excluding carboxylic acids is 1. The maximum atomic E-state index is 11.8. The zero-order chi connectivity index (χ0) is 19.3. The number of cyclic esters (lactones) is 1. The topological polar surface area (TPSA) is 107 Å². The highest BCUT2D eigenvalue weighted by atomic mass is 16.6. The Bertz CT molecular complexity index is 603. The fourth-order valence-corrected chi connectivity index (χ4v) is 6.25. The van der Waals surface area contributed by atoms with Crippen molar-refractivity contribution in [3.63, 3.8) is 0 Å². The second-order valence-electron chi connectivity index (χ2n) is 9.20. The van der Waals surface area contributed by atoms with Crippen LogP contribution < -0.4 is 0 Å². The van der Waals surface area contributed by atoms with Crippen LogP contribution in [0.15, 0.2) is 11.6 Å². The van der Waals surface area contributed by atoms with Gasteiger partial charge in [0.05, 0.1) is 11.7 Å². The number of fused-ring (bicyclic) bond motifs is 1. The summed E-state index contributed by atoms with van der Waals surface area (Å²) in [6.45, 7) is 5.98. The summed E-state index contributed by atoms with van der Waals surface area (Å²) in [5, 5.41) is 42.5. The minimum atomic E-state index is -1.23. The largest absolute Gasteiger partial charge is 0.429 e. The molecule has 0 aromatic rings. The summed E-state index contributed by atoms with van der Waals surface area (Å²) in [6.07, 6.45) is 3.23. The molecule has 7 atom stereocenters. The monoisotopic (exact) mass is 368 g/mol. The van der Waals surface area contributed by atoms with Gasteiger partial charge in [0.2, 0.25) is 6.29 Å². The molecule has 0 aromatic heterocycles. The molecule has 0 aromatic carbocycles. The number of carbonyl (C=O) groups is 1. The number of hydrogen-bond donors (Lipinski definition) is 4. The minimum Gasteiger partial charge on any atom is -0.429 e.